The van der Waals surface area contributed by atoms with E-state index in [2.05, 4.69) is 83.5 Å². The summed E-state index contributed by atoms with van der Waals surface area (Å²) < 4.78 is 25.7. The second-order valence-electron chi connectivity index (χ2n) is 13.3. The van der Waals surface area contributed by atoms with E-state index < -0.39 is 8.32 Å². The van der Waals surface area contributed by atoms with Gasteiger partial charge in [0.15, 0.2) is 14.6 Å². The zero-order chi connectivity index (χ0) is 31.1. The minimum absolute atomic E-state index is 0.0607. The standard InChI is InChI=1S/C38H56O4Si/c1-8-10-12-23-32(41-37-28-17-18-29-39-37)24-15-16-26-36(42-43(6,7)38(3,4)5)34-25-19-27-35(33(34)20-9-2)40-30-31-21-13-11-14-22-31/h9,11,13-14,19,21-22,25,27,32,36-37H,2,8,10,12,15,17-18,20,23-24,28-30H2,1,3-7H3/t32-,36-,37?/m0/s1. The Balaban J connectivity index is 1.84. The predicted molar refractivity (Wildman–Crippen MR) is 182 cm³/mol. The lowest BCUT2D eigenvalue weighted by Crippen LogP contribution is -2.41. The molecule has 2 aromatic rings. The molecule has 0 radical (unpaired) electrons. The molecule has 1 fully saturated rings. The van der Waals surface area contributed by atoms with Gasteiger partial charge in [-0.25, -0.2) is 0 Å². The van der Waals surface area contributed by atoms with Gasteiger partial charge in [-0.1, -0.05) is 101 Å². The number of rotatable bonds is 16. The molecule has 1 heterocycles. The first-order valence-corrected chi connectivity index (χ1v) is 19.4. The first kappa shape index (κ1) is 35.1. The molecule has 0 spiro atoms. The summed E-state index contributed by atoms with van der Waals surface area (Å²) in [7, 11) is -2.13. The Bertz CT molecular complexity index is 1150. The van der Waals surface area contributed by atoms with Crippen molar-refractivity contribution in [1.29, 1.82) is 0 Å². The molecular formula is C38H56O4Si. The highest BCUT2D eigenvalue weighted by Gasteiger charge is 2.39. The van der Waals surface area contributed by atoms with Gasteiger partial charge in [-0.3, -0.25) is 0 Å². The molecule has 5 heteroatoms. The van der Waals surface area contributed by atoms with Crippen molar-refractivity contribution in [2.45, 2.75) is 135 Å². The topological polar surface area (TPSA) is 36.9 Å². The van der Waals surface area contributed by atoms with Gasteiger partial charge >= 0.3 is 0 Å². The summed E-state index contributed by atoms with van der Waals surface area (Å²) in [5.41, 5.74) is 3.32. The van der Waals surface area contributed by atoms with Gasteiger partial charge < -0.3 is 18.6 Å². The quantitative estimate of drug-likeness (QED) is 0.0827. The van der Waals surface area contributed by atoms with Crippen LogP contribution < -0.4 is 4.74 Å². The van der Waals surface area contributed by atoms with Gasteiger partial charge in [0.05, 0.1) is 6.10 Å². The van der Waals surface area contributed by atoms with Crippen molar-refractivity contribution < 1.29 is 18.6 Å². The fourth-order valence-corrected chi connectivity index (χ4v) is 6.17. The highest BCUT2D eigenvalue weighted by molar-refractivity contribution is 6.74. The molecule has 1 aliphatic rings. The molecule has 0 aromatic heterocycles. The molecule has 0 aliphatic carbocycles. The maximum Gasteiger partial charge on any atom is 0.194 e. The van der Waals surface area contributed by atoms with Gasteiger partial charge in [0.2, 0.25) is 0 Å². The van der Waals surface area contributed by atoms with Crippen LogP contribution in [0.2, 0.25) is 18.1 Å². The molecule has 0 amide bonds. The van der Waals surface area contributed by atoms with Crippen molar-refractivity contribution in [3.05, 3.63) is 77.9 Å². The third-order valence-corrected chi connectivity index (χ3v) is 13.1. The maximum atomic E-state index is 7.03. The van der Waals surface area contributed by atoms with Crippen LogP contribution in [-0.2, 0) is 26.9 Å². The van der Waals surface area contributed by atoms with E-state index in [1.807, 2.05) is 30.3 Å². The van der Waals surface area contributed by atoms with E-state index in [0.717, 1.165) is 61.2 Å². The smallest absolute Gasteiger partial charge is 0.194 e. The average Bonchev–Trinajstić information content (AvgIpc) is 2.98. The van der Waals surface area contributed by atoms with Gasteiger partial charge in [-0.2, -0.15) is 0 Å². The van der Waals surface area contributed by atoms with E-state index >= 15 is 0 Å². The second-order valence-corrected chi connectivity index (χ2v) is 18.0. The van der Waals surface area contributed by atoms with Gasteiger partial charge in [0.1, 0.15) is 18.5 Å². The van der Waals surface area contributed by atoms with E-state index in [1.165, 1.54) is 25.7 Å². The van der Waals surface area contributed by atoms with Crippen LogP contribution in [0.4, 0.5) is 0 Å². The van der Waals surface area contributed by atoms with Crippen LogP contribution in [0, 0.1) is 11.8 Å². The Labute approximate surface area is 263 Å². The minimum atomic E-state index is -2.13. The second kappa shape index (κ2) is 17.8. The average molecular weight is 605 g/mol. The molecule has 0 saturated carbocycles. The van der Waals surface area contributed by atoms with Crippen LogP contribution in [0.3, 0.4) is 0 Å². The summed E-state index contributed by atoms with van der Waals surface area (Å²) in [6, 6.07) is 16.5. The van der Waals surface area contributed by atoms with Crippen molar-refractivity contribution in [1.82, 2.24) is 0 Å². The van der Waals surface area contributed by atoms with E-state index in [0.29, 0.717) is 13.0 Å². The molecule has 1 aliphatic heterocycles. The molecule has 0 bridgehead atoms. The number of hydrogen-bond donors (Lipinski definition) is 0. The Morgan fingerprint density at radius 2 is 1.84 bits per heavy atom. The predicted octanol–water partition coefficient (Wildman–Crippen LogP) is 10.3. The molecule has 3 rings (SSSR count). The zero-order valence-electron chi connectivity index (χ0n) is 27.8. The highest BCUT2D eigenvalue weighted by atomic mass is 28.4. The molecule has 2 aromatic carbocycles. The largest absolute Gasteiger partial charge is 0.489 e. The van der Waals surface area contributed by atoms with Crippen molar-refractivity contribution in [2.75, 3.05) is 6.61 Å². The first-order valence-electron chi connectivity index (χ1n) is 16.5. The number of allylic oxidation sites excluding steroid dienone is 1. The van der Waals surface area contributed by atoms with Crippen LogP contribution in [-0.4, -0.2) is 27.3 Å². The zero-order valence-corrected chi connectivity index (χ0v) is 28.8. The SMILES string of the molecule is C=CCc1c(OCc2ccccc2)cccc1[C@H](C#CCC[C@H](CCCCC)OC1CCCCO1)O[Si](C)(C)C(C)(C)C. The molecule has 43 heavy (non-hydrogen) atoms. The maximum absolute atomic E-state index is 7.03. The minimum Gasteiger partial charge on any atom is -0.489 e. The van der Waals surface area contributed by atoms with Gasteiger partial charge in [-0.05, 0) is 73.9 Å². The van der Waals surface area contributed by atoms with Gasteiger partial charge in [0.25, 0.3) is 0 Å². The normalized spacial score (nSPS) is 17.0. The number of unbranched alkanes of at least 4 members (excludes halogenated alkanes) is 2. The van der Waals surface area contributed by atoms with E-state index in [4.69, 9.17) is 18.6 Å². The number of hydrogen-bond acceptors (Lipinski definition) is 4. The summed E-state index contributed by atoms with van der Waals surface area (Å²) >= 11 is 0. The molecule has 3 atom stereocenters. The fraction of sp³-hybridized carbons (Fsp3) is 0.579. The number of benzene rings is 2. The molecule has 0 N–H and O–H groups in total. The lowest BCUT2D eigenvalue weighted by atomic mass is 9.98. The van der Waals surface area contributed by atoms with Crippen molar-refractivity contribution >= 4 is 8.32 Å². The van der Waals surface area contributed by atoms with Crippen LogP contribution in [0.15, 0.2) is 61.2 Å². The lowest BCUT2D eigenvalue weighted by molar-refractivity contribution is -0.190. The van der Waals surface area contributed by atoms with Gasteiger partial charge in [-0.15, -0.1) is 12.5 Å². The summed E-state index contributed by atoms with van der Waals surface area (Å²) in [5, 5.41) is 0.0607. The summed E-state index contributed by atoms with van der Waals surface area (Å²) in [5.74, 6) is 7.96. The Morgan fingerprint density at radius 3 is 2.51 bits per heavy atom. The van der Waals surface area contributed by atoms with Crippen LogP contribution in [0.25, 0.3) is 0 Å². The first-order chi connectivity index (χ1) is 20.6. The van der Waals surface area contributed by atoms with E-state index in [-0.39, 0.29) is 23.5 Å². The summed E-state index contributed by atoms with van der Waals surface area (Å²) in [4.78, 5) is 0. The Morgan fingerprint density at radius 1 is 1.05 bits per heavy atom. The molecule has 1 unspecified atom stereocenters. The van der Waals surface area contributed by atoms with Crippen molar-refractivity contribution in [2.24, 2.45) is 0 Å². The number of ether oxygens (including phenoxy) is 3. The summed E-state index contributed by atoms with van der Waals surface area (Å²) in [6.45, 7) is 19.0. The van der Waals surface area contributed by atoms with E-state index in [1.54, 1.807) is 0 Å². The third kappa shape index (κ3) is 11.6. The fourth-order valence-electron chi connectivity index (χ4n) is 5.04. The molecule has 4 nitrogen and oxygen atoms in total. The monoisotopic (exact) mass is 604 g/mol. The summed E-state index contributed by atoms with van der Waals surface area (Å²) in [6.07, 6.45) is 12.1. The third-order valence-electron chi connectivity index (χ3n) is 8.69. The molecule has 1 saturated heterocycles. The van der Waals surface area contributed by atoms with Crippen LogP contribution >= 0.6 is 0 Å². The van der Waals surface area contributed by atoms with Gasteiger partial charge in [0, 0.05) is 18.6 Å². The van der Waals surface area contributed by atoms with Crippen LogP contribution in [0.1, 0.15) is 108 Å². The van der Waals surface area contributed by atoms with Crippen molar-refractivity contribution in [3.8, 4) is 17.6 Å². The lowest BCUT2D eigenvalue weighted by Gasteiger charge is -2.38. The molecule has 236 valence electrons. The Hall–Kier alpha value is -2.36. The van der Waals surface area contributed by atoms with Crippen LogP contribution in [0.5, 0.6) is 5.75 Å². The van der Waals surface area contributed by atoms with Crippen molar-refractivity contribution in [3.63, 3.8) is 0 Å². The Kier molecular flexibility index (Phi) is 14.5. The van der Waals surface area contributed by atoms with E-state index in [9.17, 15) is 0 Å². The molecular weight excluding hydrogens is 549 g/mol. The highest BCUT2D eigenvalue weighted by Crippen LogP contribution is 2.41.